The minimum atomic E-state index is -0.320. The maximum atomic E-state index is 13.1. The molecule has 1 amide bonds. The van der Waals surface area contributed by atoms with Crippen molar-refractivity contribution in [2.45, 2.75) is 18.9 Å². The summed E-state index contributed by atoms with van der Waals surface area (Å²) in [5, 5.41) is 5.79. The summed E-state index contributed by atoms with van der Waals surface area (Å²) in [5.74, 6) is -0.400. The smallest absolute Gasteiger partial charge is 0.246 e. The monoisotopic (exact) mass is 238 g/mol. The van der Waals surface area contributed by atoms with Gasteiger partial charge in [-0.2, -0.15) is 0 Å². The van der Waals surface area contributed by atoms with Gasteiger partial charge in [0.15, 0.2) is 0 Å². The van der Waals surface area contributed by atoms with E-state index in [1.54, 1.807) is 13.2 Å². The van der Waals surface area contributed by atoms with Gasteiger partial charge in [-0.05, 0) is 31.0 Å². The number of fused-ring (bicyclic) bond motifs is 1. The summed E-state index contributed by atoms with van der Waals surface area (Å²) in [7, 11) is 1.62. The molecule has 1 aromatic rings. The lowest BCUT2D eigenvalue weighted by molar-refractivity contribution is -0.117. The molecule has 1 aromatic carbocycles. The molecular formula is C12H15FN2O2. The first-order valence-electron chi connectivity index (χ1n) is 5.56. The lowest BCUT2D eigenvalue weighted by atomic mass is 10.1. The standard InChI is InChI=1S/C12H15FN2O2/c1-17-6-2-3-10-12(16)15-9-5-4-8(13)7-11(9)14-10/h4-5,7,10,14H,2-3,6H2,1H3,(H,15,16). The van der Waals surface area contributed by atoms with E-state index >= 15 is 0 Å². The second-order valence-corrected chi connectivity index (χ2v) is 4.01. The quantitative estimate of drug-likeness (QED) is 0.789. The molecule has 2 N–H and O–H groups in total. The predicted molar refractivity (Wildman–Crippen MR) is 63.6 cm³/mol. The molecule has 17 heavy (non-hydrogen) atoms. The molecule has 0 saturated carbocycles. The van der Waals surface area contributed by atoms with Crippen LogP contribution >= 0.6 is 0 Å². The van der Waals surface area contributed by atoms with E-state index in [1.807, 2.05) is 0 Å². The molecule has 5 heteroatoms. The number of amides is 1. The van der Waals surface area contributed by atoms with Crippen LogP contribution in [0.15, 0.2) is 18.2 Å². The summed E-state index contributed by atoms with van der Waals surface area (Å²) in [6, 6.07) is 3.95. The Balaban J connectivity index is 2.06. The fourth-order valence-electron chi connectivity index (χ4n) is 1.85. The Kier molecular flexibility index (Phi) is 3.58. The van der Waals surface area contributed by atoms with Gasteiger partial charge in [0.25, 0.3) is 0 Å². The Morgan fingerprint density at radius 3 is 3.00 bits per heavy atom. The molecule has 2 rings (SSSR count). The normalized spacial score (nSPS) is 18.2. The fraction of sp³-hybridized carbons (Fsp3) is 0.417. The number of carbonyl (C=O) groups excluding carboxylic acids is 1. The highest BCUT2D eigenvalue weighted by atomic mass is 19.1. The van der Waals surface area contributed by atoms with Crippen LogP contribution in [-0.2, 0) is 9.53 Å². The van der Waals surface area contributed by atoms with Gasteiger partial charge in [0.05, 0.1) is 11.4 Å². The molecule has 1 unspecified atom stereocenters. The van der Waals surface area contributed by atoms with Crippen LogP contribution in [0.3, 0.4) is 0 Å². The summed E-state index contributed by atoms with van der Waals surface area (Å²) in [6.45, 7) is 0.613. The van der Waals surface area contributed by atoms with Crippen molar-refractivity contribution in [3.8, 4) is 0 Å². The van der Waals surface area contributed by atoms with Gasteiger partial charge in [-0.1, -0.05) is 0 Å². The van der Waals surface area contributed by atoms with Gasteiger partial charge in [0.1, 0.15) is 11.9 Å². The van der Waals surface area contributed by atoms with E-state index in [2.05, 4.69) is 10.6 Å². The minimum Gasteiger partial charge on any atom is -0.385 e. The van der Waals surface area contributed by atoms with E-state index in [9.17, 15) is 9.18 Å². The number of ether oxygens (including phenoxy) is 1. The van der Waals surface area contributed by atoms with Gasteiger partial charge in [0.2, 0.25) is 5.91 Å². The van der Waals surface area contributed by atoms with E-state index in [1.165, 1.54) is 12.1 Å². The van der Waals surface area contributed by atoms with Crippen molar-refractivity contribution in [1.29, 1.82) is 0 Å². The molecule has 1 aliphatic rings. The van der Waals surface area contributed by atoms with Crippen LogP contribution in [0.25, 0.3) is 0 Å². The number of hydrogen-bond donors (Lipinski definition) is 2. The number of rotatable bonds is 4. The van der Waals surface area contributed by atoms with Crippen LogP contribution in [0, 0.1) is 5.82 Å². The maximum absolute atomic E-state index is 13.1. The van der Waals surface area contributed by atoms with E-state index in [-0.39, 0.29) is 17.8 Å². The van der Waals surface area contributed by atoms with E-state index < -0.39 is 0 Å². The minimum absolute atomic E-state index is 0.0831. The molecule has 0 bridgehead atoms. The molecule has 0 fully saturated rings. The van der Waals surface area contributed by atoms with Gasteiger partial charge in [-0.25, -0.2) is 4.39 Å². The van der Waals surface area contributed by atoms with Crippen molar-refractivity contribution in [3.63, 3.8) is 0 Å². The molecule has 1 heterocycles. The Morgan fingerprint density at radius 1 is 1.41 bits per heavy atom. The van der Waals surface area contributed by atoms with Gasteiger partial charge in [0, 0.05) is 13.7 Å². The summed E-state index contributed by atoms with van der Waals surface area (Å²) < 4.78 is 18.0. The summed E-state index contributed by atoms with van der Waals surface area (Å²) >= 11 is 0. The van der Waals surface area contributed by atoms with Gasteiger partial charge < -0.3 is 15.4 Å². The second kappa shape index (κ2) is 5.14. The molecule has 0 saturated heterocycles. The van der Waals surface area contributed by atoms with Crippen molar-refractivity contribution in [1.82, 2.24) is 0 Å². The van der Waals surface area contributed by atoms with Crippen LogP contribution in [0.4, 0.5) is 15.8 Å². The van der Waals surface area contributed by atoms with Crippen molar-refractivity contribution in [3.05, 3.63) is 24.0 Å². The van der Waals surface area contributed by atoms with Crippen LogP contribution < -0.4 is 10.6 Å². The molecular weight excluding hydrogens is 223 g/mol. The third-order valence-corrected chi connectivity index (χ3v) is 2.73. The van der Waals surface area contributed by atoms with Crippen LogP contribution in [0.2, 0.25) is 0 Å². The zero-order chi connectivity index (χ0) is 12.3. The average molecular weight is 238 g/mol. The topological polar surface area (TPSA) is 50.4 Å². The first kappa shape index (κ1) is 11.9. The van der Waals surface area contributed by atoms with Crippen molar-refractivity contribution in [2.75, 3.05) is 24.4 Å². The van der Waals surface area contributed by atoms with Crippen molar-refractivity contribution >= 4 is 17.3 Å². The molecule has 4 nitrogen and oxygen atoms in total. The molecule has 0 spiro atoms. The Morgan fingerprint density at radius 2 is 2.24 bits per heavy atom. The summed E-state index contributed by atoms with van der Waals surface area (Å²) in [6.07, 6.45) is 1.45. The Labute approximate surface area is 99.2 Å². The van der Waals surface area contributed by atoms with Crippen LogP contribution in [0.5, 0.6) is 0 Å². The lowest BCUT2D eigenvalue weighted by Gasteiger charge is -2.26. The second-order valence-electron chi connectivity index (χ2n) is 4.01. The number of carbonyl (C=O) groups is 1. The Bertz CT molecular complexity index is 423. The third kappa shape index (κ3) is 2.74. The summed E-state index contributed by atoms with van der Waals surface area (Å²) in [4.78, 5) is 11.7. The number of benzene rings is 1. The maximum Gasteiger partial charge on any atom is 0.246 e. The number of hydrogen-bond acceptors (Lipinski definition) is 3. The van der Waals surface area contributed by atoms with Crippen LogP contribution in [0.1, 0.15) is 12.8 Å². The van der Waals surface area contributed by atoms with E-state index in [0.717, 1.165) is 6.42 Å². The molecule has 0 aliphatic carbocycles. The number of halogens is 1. The fourth-order valence-corrected chi connectivity index (χ4v) is 1.85. The van der Waals surface area contributed by atoms with E-state index in [4.69, 9.17) is 4.74 Å². The van der Waals surface area contributed by atoms with Gasteiger partial charge in [-0.3, -0.25) is 4.79 Å². The molecule has 0 radical (unpaired) electrons. The summed E-state index contributed by atoms with van der Waals surface area (Å²) in [5.41, 5.74) is 1.26. The highest BCUT2D eigenvalue weighted by Gasteiger charge is 2.24. The number of methoxy groups -OCH3 is 1. The highest BCUT2D eigenvalue weighted by molar-refractivity contribution is 6.02. The molecule has 0 aromatic heterocycles. The van der Waals surface area contributed by atoms with Gasteiger partial charge in [-0.15, -0.1) is 0 Å². The van der Waals surface area contributed by atoms with Crippen molar-refractivity contribution in [2.24, 2.45) is 0 Å². The SMILES string of the molecule is COCCCC1Nc2cc(F)ccc2NC1=O. The predicted octanol–water partition coefficient (Wildman–Crippen LogP) is 1.98. The molecule has 1 atom stereocenters. The van der Waals surface area contributed by atoms with Crippen LogP contribution in [-0.4, -0.2) is 25.7 Å². The zero-order valence-electron chi connectivity index (χ0n) is 9.63. The first-order valence-corrected chi connectivity index (χ1v) is 5.56. The third-order valence-electron chi connectivity index (χ3n) is 2.73. The van der Waals surface area contributed by atoms with Gasteiger partial charge >= 0.3 is 0 Å². The molecule has 92 valence electrons. The lowest BCUT2D eigenvalue weighted by Crippen LogP contribution is -2.39. The molecule has 1 aliphatic heterocycles. The first-order chi connectivity index (χ1) is 8.20. The number of anilines is 2. The number of nitrogens with one attached hydrogen (secondary N) is 2. The largest absolute Gasteiger partial charge is 0.385 e. The van der Waals surface area contributed by atoms with Crippen molar-refractivity contribution < 1.29 is 13.9 Å². The average Bonchev–Trinajstić information content (AvgIpc) is 2.31. The zero-order valence-corrected chi connectivity index (χ0v) is 9.63. The van der Waals surface area contributed by atoms with E-state index in [0.29, 0.717) is 24.4 Å². The highest BCUT2D eigenvalue weighted by Crippen LogP contribution is 2.28. The Hall–Kier alpha value is -1.62.